The molecule has 0 aromatic heterocycles. The highest BCUT2D eigenvalue weighted by atomic mass is 16.7. The predicted octanol–water partition coefficient (Wildman–Crippen LogP) is 6.44. The van der Waals surface area contributed by atoms with Crippen molar-refractivity contribution in [3.8, 4) is 0 Å². The monoisotopic (exact) mass is 466 g/mol. The number of ether oxygens (including phenoxy) is 1. The molecule has 34 heavy (non-hydrogen) atoms. The van der Waals surface area contributed by atoms with Crippen molar-refractivity contribution < 1.29 is 19.4 Å². The van der Waals surface area contributed by atoms with E-state index in [1.807, 2.05) is 0 Å². The Morgan fingerprint density at radius 1 is 1.03 bits per heavy atom. The molecule has 0 aromatic rings. The molecule has 0 spiro atoms. The van der Waals surface area contributed by atoms with Gasteiger partial charge in [-0.3, -0.25) is 4.79 Å². The molecule has 4 aliphatic carbocycles. The van der Waals surface area contributed by atoms with Gasteiger partial charge >= 0.3 is 5.97 Å². The first-order valence-electron chi connectivity index (χ1n) is 13.3. The third kappa shape index (κ3) is 2.99. The number of Topliss-reactive ketones (excluding diaryl/α,β-unsaturated/α-hetero) is 1. The maximum Gasteiger partial charge on any atom is 0.336 e. The van der Waals surface area contributed by atoms with Crippen LogP contribution in [0.4, 0.5) is 0 Å². The van der Waals surface area contributed by atoms with Crippen LogP contribution in [0.3, 0.4) is 0 Å². The zero-order valence-electron chi connectivity index (χ0n) is 22.1. The van der Waals surface area contributed by atoms with Gasteiger partial charge in [0.1, 0.15) is 5.78 Å². The van der Waals surface area contributed by atoms with Crippen LogP contribution in [0.15, 0.2) is 34.4 Å². The van der Waals surface area contributed by atoms with Crippen LogP contribution in [-0.2, 0) is 14.3 Å². The maximum atomic E-state index is 12.8. The number of hydrogen-bond acceptors (Lipinski definition) is 4. The van der Waals surface area contributed by atoms with Crippen LogP contribution in [0.2, 0.25) is 0 Å². The van der Waals surface area contributed by atoms with E-state index in [-0.39, 0.29) is 27.6 Å². The first kappa shape index (κ1) is 24.0. The van der Waals surface area contributed by atoms with Crippen LogP contribution in [0, 0.1) is 33.5 Å². The van der Waals surface area contributed by atoms with E-state index in [9.17, 15) is 14.7 Å². The number of esters is 1. The van der Waals surface area contributed by atoms with Gasteiger partial charge in [-0.1, -0.05) is 64.3 Å². The molecule has 4 nitrogen and oxygen atoms in total. The molecular formula is C30H42O4. The second-order valence-corrected chi connectivity index (χ2v) is 13.3. The zero-order chi connectivity index (χ0) is 24.9. The van der Waals surface area contributed by atoms with E-state index in [0.717, 1.165) is 38.5 Å². The molecule has 186 valence electrons. The lowest BCUT2D eigenvalue weighted by atomic mass is 9.43. The number of rotatable bonds is 3. The van der Waals surface area contributed by atoms with Crippen LogP contribution in [-0.4, -0.2) is 22.6 Å². The summed E-state index contributed by atoms with van der Waals surface area (Å²) in [6, 6.07) is 0. The molecule has 1 N–H and O–H groups in total. The Morgan fingerprint density at radius 2 is 1.74 bits per heavy atom. The van der Waals surface area contributed by atoms with Gasteiger partial charge in [0.05, 0.1) is 0 Å². The van der Waals surface area contributed by atoms with E-state index >= 15 is 0 Å². The molecule has 2 unspecified atom stereocenters. The lowest BCUT2D eigenvalue weighted by Crippen LogP contribution is -2.53. The van der Waals surface area contributed by atoms with Crippen LogP contribution in [0.25, 0.3) is 0 Å². The fraction of sp³-hybridized carbons (Fsp3) is 0.733. The second-order valence-electron chi connectivity index (χ2n) is 13.3. The van der Waals surface area contributed by atoms with E-state index in [1.54, 1.807) is 24.1 Å². The minimum Gasteiger partial charge on any atom is -0.426 e. The molecule has 5 rings (SSSR count). The summed E-state index contributed by atoms with van der Waals surface area (Å²) in [6.07, 6.45) is 11.5. The number of aliphatic hydroxyl groups is 1. The van der Waals surface area contributed by atoms with E-state index in [0.29, 0.717) is 30.1 Å². The van der Waals surface area contributed by atoms with Gasteiger partial charge in [0.15, 0.2) is 0 Å². The van der Waals surface area contributed by atoms with Gasteiger partial charge in [0.25, 0.3) is 0 Å². The first-order chi connectivity index (χ1) is 15.7. The van der Waals surface area contributed by atoms with Crippen LogP contribution in [0.1, 0.15) is 99.8 Å². The molecule has 1 heterocycles. The Balaban J connectivity index is 1.46. The van der Waals surface area contributed by atoms with Gasteiger partial charge in [-0.25, -0.2) is 4.79 Å². The van der Waals surface area contributed by atoms with Crippen molar-refractivity contribution >= 4 is 11.8 Å². The molecule has 5 aliphatic rings. The predicted molar refractivity (Wildman–Crippen MR) is 133 cm³/mol. The van der Waals surface area contributed by atoms with Gasteiger partial charge < -0.3 is 9.84 Å². The van der Waals surface area contributed by atoms with E-state index in [1.165, 1.54) is 5.57 Å². The molecule has 0 amide bonds. The molecule has 4 heteroatoms. The third-order valence-corrected chi connectivity index (χ3v) is 11.3. The van der Waals surface area contributed by atoms with Crippen molar-refractivity contribution in [2.75, 3.05) is 0 Å². The highest BCUT2D eigenvalue weighted by Crippen LogP contribution is 2.70. The third-order valence-electron chi connectivity index (χ3n) is 11.3. The number of fused-ring (bicyclic) bond motifs is 4. The van der Waals surface area contributed by atoms with Crippen molar-refractivity contribution in [3.05, 3.63) is 34.4 Å². The largest absolute Gasteiger partial charge is 0.426 e. The summed E-state index contributed by atoms with van der Waals surface area (Å²) in [5.74, 6) is -0.923. The first-order valence-corrected chi connectivity index (χ1v) is 13.3. The molecule has 1 saturated carbocycles. The summed E-state index contributed by atoms with van der Waals surface area (Å²) in [4.78, 5) is 24.7. The number of hydrogen-bond donors (Lipinski definition) is 1. The molecule has 0 bridgehead atoms. The Kier molecular flexibility index (Phi) is 5.08. The fourth-order valence-corrected chi connectivity index (χ4v) is 9.13. The average Bonchev–Trinajstić information content (AvgIpc) is 3.16. The Morgan fingerprint density at radius 3 is 2.38 bits per heavy atom. The molecule has 1 aliphatic heterocycles. The van der Waals surface area contributed by atoms with Gasteiger partial charge in [0.2, 0.25) is 5.79 Å². The maximum absolute atomic E-state index is 12.8. The minimum absolute atomic E-state index is 0.0339. The molecule has 6 atom stereocenters. The number of carbonyl (C=O) groups is 2. The lowest BCUT2D eigenvalue weighted by molar-refractivity contribution is -0.182. The minimum atomic E-state index is -1.50. The highest BCUT2D eigenvalue weighted by Gasteiger charge is 2.61. The Hall–Kier alpha value is -1.68. The topological polar surface area (TPSA) is 63.6 Å². The average molecular weight is 467 g/mol. The Labute approximate surface area is 204 Å². The number of cyclic esters (lactones) is 1. The quantitative estimate of drug-likeness (QED) is 0.384. The van der Waals surface area contributed by atoms with Gasteiger partial charge in [0, 0.05) is 29.2 Å². The summed E-state index contributed by atoms with van der Waals surface area (Å²) >= 11 is 0. The molecular weight excluding hydrogens is 424 g/mol. The summed E-state index contributed by atoms with van der Waals surface area (Å²) in [6.45, 7) is 15.6. The van der Waals surface area contributed by atoms with Gasteiger partial charge in [-0.2, -0.15) is 0 Å². The number of carbonyl (C=O) groups excluding carboxylic acids is 2. The van der Waals surface area contributed by atoms with Crippen molar-refractivity contribution in [1.82, 2.24) is 0 Å². The van der Waals surface area contributed by atoms with Gasteiger partial charge in [-0.05, 0) is 74.2 Å². The van der Waals surface area contributed by atoms with Crippen molar-refractivity contribution in [3.63, 3.8) is 0 Å². The van der Waals surface area contributed by atoms with Crippen molar-refractivity contribution in [2.45, 2.75) is 106 Å². The standard InChI is InChI=1S/C30H42O4/c1-18(16-30(33)17-19(2)25(32)34-30)20-10-14-29(7)22-8-9-23-26(3,4)24(31)12-13-27(23,5)21(22)11-15-28(20,29)6/h10,17-18,23,33H,8-9,11-16H2,1-7H3/t18-,23?,27-,28-,29+,30?/m1/s1. The van der Waals surface area contributed by atoms with Gasteiger partial charge in [-0.15, -0.1) is 0 Å². The smallest absolute Gasteiger partial charge is 0.336 e. The van der Waals surface area contributed by atoms with Crippen molar-refractivity contribution in [1.29, 1.82) is 0 Å². The molecule has 0 saturated heterocycles. The van der Waals surface area contributed by atoms with E-state index < -0.39 is 11.8 Å². The van der Waals surface area contributed by atoms with Crippen LogP contribution < -0.4 is 0 Å². The van der Waals surface area contributed by atoms with E-state index in [2.05, 4.69) is 47.6 Å². The number of ketones is 1. The normalized spacial score (nSPS) is 44.1. The van der Waals surface area contributed by atoms with Crippen LogP contribution in [0.5, 0.6) is 0 Å². The summed E-state index contributed by atoms with van der Waals surface area (Å²) in [5.41, 5.74) is 5.21. The SMILES string of the molecule is CC1=CC(O)(C[C@@H](C)C2=CC[C@@]3(C)C4=C(CC[C@]23C)[C@@]2(C)CCC(=O)C(C)(C)C2CC4)OC1=O. The molecule has 0 radical (unpaired) electrons. The molecule has 1 fully saturated rings. The second kappa shape index (κ2) is 7.18. The molecule has 0 aromatic carbocycles. The summed E-state index contributed by atoms with van der Waals surface area (Å²) in [7, 11) is 0. The highest BCUT2D eigenvalue weighted by molar-refractivity contribution is 5.90. The summed E-state index contributed by atoms with van der Waals surface area (Å²) < 4.78 is 5.33. The van der Waals surface area contributed by atoms with E-state index in [4.69, 9.17) is 4.74 Å². The van der Waals surface area contributed by atoms with Crippen molar-refractivity contribution in [2.24, 2.45) is 33.5 Å². The Bertz CT molecular complexity index is 1060. The lowest BCUT2D eigenvalue weighted by Gasteiger charge is -2.60. The zero-order valence-corrected chi connectivity index (χ0v) is 22.1. The summed E-state index contributed by atoms with van der Waals surface area (Å²) in [5, 5.41) is 10.9. The fourth-order valence-electron chi connectivity index (χ4n) is 9.13. The number of allylic oxidation sites excluding steroid dienone is 4. The van der Waals surface area contributed by atoms with Crippen LogP contribution >= 0.6 is 0 Å².